The lowest BCUT2D eigenvalue weighted by atomic mass is 9.91. The SMILES string of the molecule is Cc1nc(CN2CCO[C@]3(CCCN(c4nccs4)C3)C2)cs1. The van der Waals surface area contributed by atoms with Crippen molar-refractivity contribution in [3.05, 3.63) is 27.7 Å². The van der Waals surface area contributed by atoms with Gasteiger partial charge in [-0.3, -0.25) is 4.90 Å². The molecule has 4 heterocycles. The Balaban J connectivity index is 1.45. The number of rotatable bonds is 3. The second-order valence-corrected chi connectivity index (χ2v) is 8.38. The van der Waals surface area contributed by atoms with Crippen LogP contribution in [-0.4, -0.2) is 53.3 Å². The Hall–Kier alpha value is -1.02. The summed E-state index contributed by atoms with van der Waals surface area (Å²) in [6.45, 7) is 7.85. The summed E-state index contributed by atoms with van der Waals surface area (Å²) in [6.07, 6.45) is 4.20. The van der Waals surface area contributed by atoms with Crippen LogP contribution < -0.4 is 4.90 Å². The molecule has 0 aromatic carbocycles. The number of anilines is 1. The normalized spacial score (nSPS) is 26.0. The van der Waals surface area contributed by atoms with Gasteiger partial charge in [-0.2, -0.15) is 0 Å². The number of ether oxygens (including phenoxy) is 1. The molecular weight excluding hydrogens is 328 g/mol. The van der Waals surface area contributed by atoms with Crippen molar-refractivity contribution >= 4 is 27.8 Å². The Morgan fingerprint density at radius 2 is 2.26 bits per heavy atom. The van der Waals surface area contributed by atoms with E-state index >= 15 is 0 Å². The van der Waals surface area contributed by atoms with Gasteiger partial charge < -0.3 is 9.64 Å². The highest BCUT2D eigenvalue weighted by molar-refractivity contribution is 7.13. The van der Waals surface area contributed by atoms with Crippen molar-refractivity contribution in [2.24, 2.45) is 0 Å². The predicted octanol–water partition coefficient (Wildman–Crippen LogP) is 2.78. The van der Waals surface area contributed by atoms with E-state index in [1.807, 2.05) is 6.20 Å². The van der Waals surface area contributed by atoms with Crippen molar-refractivity contribution < 1.29 is 4.74 Å². The van der Waals surface area contributed by atoms with Crippen LogP contribution in [-0.2, 0) is 11.3 Å². The van der Waals surface area contributed by atoms with E-state index in [1.54, 1.807) is 22.7 Å². The molecule has 7 heteroatoms. The molecule has 2 aliphatic heterocycles. The van der Waals surface area contributed by atoms with Crippen LogP contribution in [0.25, 0.3) is 0 Å². The third-order valence-electron chi connectivity index (χ3n) is 4.61. The molecule has 0 aliphatic carbocycles. The lowest BCUT2D eigenvalue weighted by Gasteiger charge is -2.48. The molecule has 0 N–H and O–H groups in total. The zero-order chi connectivity index (χ0) is 15.7. The molecule has 4 rings (SSSR count). The molecule has 5 nitrogen and oxygen atoms in total. The molecule has 2 aliphatic rings. The molecule has 1 atom stereocenters. The van der Waals surface area contributed by atoms with E-state index in [0.29, 0.717) is 0 Å². The molecule has 0 bridgehead atoms. The molecule has 2 saturated heterocycles. The maximum absolute atomic E-state index is 6.28. The van der Waals surface area contributed by atoms with Gasteiger partial charge in [0.1, 0.15) is 0 Å². The largest absolute Gasteiger partial charge is 0.370 e. The molecule has 124 valence electrons. The Bertz CT molecular complexity index is 640. The van der Waals surface area contributed by atoms with Crippen molar-refractivity contribution in [3.63, 3.8) is 0 Å². The fraction of sp³-hybridized carbons (Fsp3) is 0.625. The quantitative estimate of drug-likeness (QED) is 0.851. The fourth-order valence-electron chi connectivity index (χ4n) is 3.65. The van der Waals surface area contributed by atoms with Gasteiger partial charge >= 0.3 is 0 Å². The number of hydrogen-bond acceptors (Lipinski definition) is 7. The van der Waals surface area contributed by atoms with E-state index < -0.39 is 0 Å². The van der Waals surface area contributed by atoms with Gasteiger partial charge in [0.15, 0.2) is 5.13 Å². The summed E-state index contributed by atoms with van der Waals surface area (Å²) >= 11 is 3.45. The van der Waals surface area contributed by atoms with Crippen molar-refractivity contribution in [1.82, 2.24) is 14.9 Å². The van der Waals surface area contributed by atoms with Gasteiger partial charge in [-0.05, 0) is 19.8 Å². The van der Waals surface area contributed by atoms with Gasteiger partial charge in [0.2, 0.25) is 0 Å². The minimum absolute atomic E-state index is 0.0484. The van der Waals surface area contributed by atoms with Crippen LogP contribution in [0, 0.1) is 6.92 Å². The smallest absolute Gasteiger partial charge is 0.185 e. The summed E-state index contributed by atoms with van der Waals surface area (Å²) in [5.74, 6) is 0. The molecule has 2 fully saturated rings. The van der Waals surface area contributed by atoms with Crippen molar-refractivity contribution in [2.45, 2.75) is 31.9 Å². The molecule has 0 saturated carbocycles. The van der Waals surface area contributed by atoms with E-state index in [1.165, 1.54) is 12.1 Å². The number of piperidine rings is 1. The summed E-state index contributed by atoms with van der Waals surface area (Å²) in [5, 5.41) is 6.51. The summed E-state index contributed by atoms with van der Waals surface area (Å²) in [7, 11) is 0. The van der Waals surface area contributed by atoms with E-state index in [0.717, 1.165) is 55.9 Å². The summed E-state index contributed by atoms with van der Waals surface area (Å²) in [6, 6.07) is 0. The second-order valence-electron chi connectivity index (χ2n) is 6.44. The Morgan fingerprint density at radius 3 is 3.04 bits per heavy atom. The van der Waals surface area contributed by atoms with Crippen LogP contribution in [0.4, 0.5) is 5.13 Å². The van der Waals surface area contributed by atoms with Gasteiger partial charge in [-0.15, -0.1) is 22.7 Å². The Morgan fingerprint density at radius 1 is 1.30 bits per heavy atom. The van der Waals surface area contributed by atoms with Crippen LogP contribution in [0.2, 0.25) is 0 Å². The maximum atomic E-state index is 6.28. The van der Waals surface area contributed by atoms with Crippen LogP contribution in [0.15, 0.2) is 17.0 Å². The molecule has 1 spiro atoms. The van der Waals surface area contributed by atoms with E-state index in [4.69, 9.17) is 4.74 Å². The minimum atomic E-state index is -0.0484. The number of nitrogens with zero attached hydrogens (tertiary/aromatic N) is 4. The van der Waals surface area contributed by atoms with Crippen LogP contribution in [0.3, 0.4) is 0 Å². The number of aryl methyl sites for hydroxylation is 1. The first-order valence-corrected chi connectivity index (χ1v) is 9.90. The molecule has 2 aromatic heterocycles. The third-order valence-corrected chi connectivity index (χ3v) is 6.26. The zero-order valence-electron chi connectivity index (χ0n) is 13.4. The molecule has 0 amide bonds. The lowest BCUT2D eigenvalue weighted by Crippen LogP contribution is -2.59. The minimum Gasteiger partial charge on any atom is -0.370 e. The van der Waals surface area contributed by atoms with Crippen LogP contribution in [0.5, 0.6) is 0 Å². The Kier molecular flexibility index (Phi) is 4.36. The van der Waals surface area contributed by atoms with Crippen molar-refractivity contribution in [1.29, 1.82) is 0 Å². The first kappa shape index (κ1) is 15.5. The Labute approximate surface area is 144 Å². The molecular formula is C16H22N4OS2. The van der Waals surface area contributed by atoms with Gasteiger partial charge in [-0.25, -0.2) is 9.97 Å². The molecule has 23 heavy (non-hydrogen) atoms. The number of morpholine rings is 1. The number of aromatic nitrogens is 2. The highest BCUT2D eigenvalue weighted by Gasteiger charge is 2.41. The van der Waals surface area contributed by atoms with Gasteiger partial charge in [-0.1, -0.05) is 0 Å². The lowest BCUT2D eigenvalue weighted by molar-refractivity contribution is -0.116. The van der Waals surface area contributed by atoms with Crippen LogP contribution >= 0.6 is 22.7 Å². The molecule has 0 unspecified atom stereocenters. The van der Waals surface area contributed by atoms with Gasteiger partial charge in [0.25, 0.3) is 0 Å². The first-order valence-electron chi connectivity index (χ1n) is 8.14. The zero-order valence-corrected chi connectivity index (χ0v) is 15.0. The molecule has 0 radical (unpaired) electrons. The van der Waals surface area contributed by atoms with Crippen molar-refractivity contribution in [3.8, 4) is 0 Å². The van der Waals surface area contributed by atoms with Gasteiger partial charge in [0.05, 0.1) is 29.5 Å². The van der Waals surface area contributed by atoms with Crippen LogP contribution in [0.1, 0.15) is 23.5 Å². The summed E-state index contributed by atoms with van der Waals surface area (Å²) in [4.78, 5) is 14.0. The molecule has 2 aromatic rings. The highest BCUT2D eigenvalue weighted by atomic mass is 32.1. The van der Waals surface area contributed by atoms with Crippen molar-refractivity contribution in [2.75, 3.05) is 37.7 Å². The summed E-state index contributed by atoms with van der Waals surface area (Å²) < 4.78 is 6.28. The number of hydrogen-bond donors (Lipinski definition) is 0. The average Bonchev–Trinajstić information content (AvgIpc) is 3.19. The highest BCUT2D eigenvalue weighted by Crippen LogP contribution is 2.32. The fourth-order valence-corrected chi connectivity index (χ4v) is 4.92. The summed E-state index contributed by atoms with van der Waals surface area (Å²) in [5.41, 5.74) is 1.14. The maximum Gasteiger partial charge on any atom is 0.185 e. The topological polar surface area (TPSA) is 41.5 Å². The third kappa shape index (κ3) is 3.42. The van der Waals surface area contributed by atoms with Gasteiger partial charge in [0, 0.05) is 43.1 Å². The average molecular weight is 351 g/mol. The second kappa shape index (κ2) is 6.47. The van der Waals surface area contributed by atoms with E-state index in [9.17, 15) is 0 Å². The number of thiazole rings is 2. The monoisotopic (exact) mass is 350 g/mol. The van der Waals surface area contributed by atoms with E-state index in [2.05, 4.69) is 37.5 Å². The standard InChI is InChI=1S/C16H22N4OS2/c1-13-18-14(10-23-13)9-19-6-7-21-16(11-19)3-2-5-20(12-16)15-17-4-8-22-15/h4,8,10H,2-3,5-7,9,11-12H2,1H3/t16-/m1/s1. The first-order chi connectivity index (χ1) is 11.2. The van der Waals surface area contributed by atoms with E-state index in [-0.39, 0.29) is 5.60 Å². The predicted molar refractivity (Wildman–Crippen MR) is 94.4 cm³/mol.